The van der Waals surface area contributed by atoms with Crippen molar-refractivity contribution in [3.8, 4) is 5.88 Å². The van der Waals surface area contributed by atoms with E-state index in [1.165, 1.54) is 6.07 Å². The fraction of sp³-hybridized carbons (Fsp3) is 0.500. The molecule has 1 fully saturated rings. The molecule has 9 heteroatoms. The number of aliphatic carboxylic acids is 1. The third kappa shape index (κ3) is 4.33. The summed E-state index contributed by atoms with van der Waals surface area (Å²) in [6, 6.07) is 2.33. The molecule has 0 unspecified atom stereocenters. The van der Waals surface area contributed by atoms with Gasteiger partial charge in [0.25, 0.3) is 5.91 Å². The number of hydrogen-bond acceptors (Lipinski definition) is 4. The number of alkyl halides is 3. The minimum atomic E-state index is -4.52. The molecule has 0 atom stereocenters. The van der Waals surface area contributed by atoms with Crippen molar-refractivity contribution in [1.82, 2.24) is 10.3 Å². The lowest BCUT2D eigenvalue weighted by Gasteiger charge is -2.25. The summed E-state index contributed by atoms with van der Waals surface area (Å²) in [7, 11) is 0. The van der Waals surface area contributed by atoms with Crippen LogP contribution in [0.5, 0.6) is 5.88 Å². The molecule has 126 valence electrons. The normalized spacial score (nSPS) is 16.8. The summed E-state index contributed by atoms with van der Waals surface area (Å²) in [5.74, 6) is -2.16. The number of carboxylic acids is 1. The van der Waals surface area contributed by atoms with Crippen molar-refractivity contribution in [1.29, 1.82) is 0 Å². The van der Waals surface area contributed by atoms with Crippen molar-refractivity contribution in [3.05, 3.63) is 23.9 Å². The van der Waals surface area contributed by atoms with Crippen molar-refractivity contribution in [2.24, 2.45) is 0 Å². The maximum Gasteiger partial charge on any atom is 0.422 e. The number of rotatable bonds is 5. The third-order valence-electron chi connectivity index (χ3n) is 3.60. The molecule has 1 aliphatic carbocycles. The molecule has 1 aromatic rings. The fourth-order valence-electron chi connectivity index (χ4n) is 2.45. The number of aromatic nitrogens is 1. The molecular weight excluding hydrogens is 317 g/mol. The molecule has 1 amide bonds. The lowest BCUT2D eigenvalue weighted by Crippen LogP contribution is -2.52. The van der Waals surface area contributed by atoms with Gasteiger partial charge in [-0.15, -0.1) is 0 Å². The number of carboxylic acid groups (broad SMARTS) is 1. The molecule has 1 aliphatic rings. The zero-order chi connectivity index (χ0) is 17.1. The molecule has 0 aliphatic heterocycles. The number of carbonyl (C=O) groups excluding carboxylic acids is 1. The van der Waals surface area contributed by atoms with Gasteiger partial charge >= 0.3 is 12.1 Å². The van der Waals surface area contributed by atoms with Crippen LogP contribution in [0.15, 0.2) is 18.3 Å². The molecule has 23 heavy (non-hydrogen) atoms. The van der Waals surface area contributed by atoms with Crippen LogP contribution in [-0.2, 0) is 4.79 Å². The molecule has 2 N–H and O–H groups in total. The average molecular weight is 332 g/mol. The van der Waals surface area contributed by atoms with Crippen molar-refractivity contribution < 1.29 is 32.6 Å². The highest BCUT2D eigenvalue weighted by Crippen LogP contribution is 2.30. The first kappa shape index (κ1) is 17.0. The van der Waals surface area contributed by atoms with Crippen molar-refractivity contribution in [3.63, 3.8) is 0 Å². The molecule has 0 bridgehead atoms. The lowest BCUT2D eigenvalue weighted by atomic mass is 9.97. The topological polar surface area (TPSA) is 88.5 Å². The Labute approximate surface area is 129 Å². The van der Waals surface area contributed by atoms with Gasteiger partial charge in [0.2, 0.25) is 5.88 Å². The molecule has 0 aromatic carbocycles. The Bertz CT molecular complexity index is 598. The second-order valence-corrected chi connectivity index (χ2v) is 5.34. The van der Waals surface area contributed by atoms with Crippen LogP contribution >= 0.6 is 0 Å². The number of carbonyl (C=O) groups is 2. The van der Waals surface area contributed by atoms with E-state index in [1.54, 1.807) is 0 Å². The maximum atomic E-state index is 12.2. The van der Waals surface area contributed by atoms with E-state index in [9.17, 15) is 27.9 Å². The first-order valence-electron chi connectivity index (χ1n) is 6.93. The van der Waals surface area contributed by atoms with Crippen LogP contribution in [0.25, 0.3) is 0 Å². The number of nitrogens with zero attached hydrogens (tertiary/aromatic N) is 1. The molecule has 0 saturated heterocycles. The van der Waals surface area contributed by atoms with Gasteiger partial charge in [0, 0.05) is 17.8 Å². The van der Waals surface area contributed by atoms with Gasteiger partial charge in [0.05, 0.1) is 0 Å². The van der Waals surface area contributed by atoms with E-state index in [1.807, 2.05) is 0 Å². The van der Waals surface area contributed by atoms with E-state index in [-0.39, 0.29) is 11.4 Å². The summed E-state index contributed by atoms with van der Waals surface area (Å²) in [5, 5.41) is 11.8. The van der Waals surface area contributed by atoms with Gasteiger partial charge in [0.15, 0.2) is 6.61 Å². The largest absolute Gasteiger partial charge is 0.480 e. The number of ether oxygens (including phenoxy) is 1. The summed E-state index contributed by atoms with van der Waals surface area (Å²) in [6.07, 6.45) is -1.39. The maximum absolute atomic E-state index is 12.2. The van der Waals surface area contributed by atoms with Gasteiger partial charge in [0.1, 0.15) is 5.54 Å². The molecular formula is C14H15F3N2O4. The molecule has 0 spiro atoms. The van der Waals surface area contributed by atoms with E-state index in [0.717, 1.165) is 12.3 Å². The summed E-state index contributed by atoms with van der Waals surface area (Å²) in [5.41, 5.74) is -1.34. The molecule has 1 heterocycles. The second kappa shape index (κ2) is 6.43. The number of nitrogens with one attached hydrogen (secondary N) is 1. The highest BCUT2D eigenvalue weighted by atomic mass is 19.4. The smallest absolute Gasteiger partial charge is 0.422 e. The SMILES string of the molecule is O=C(NC1(C(=O)O)CCCC1)c1ccnc(OCC(F)(F)F)c1. The molecule has 6 nitrogen and oxygen atoms in total. The van der Waals surface area contributed by atoms with Gasteiger partial charge in [-0.3, -0.25) is 4.79 Å². The molecule has 1 saturated carbocycles. The number of amides is 1. The highest BCUT2D eigenvalue weighted by molar-refractivity contribution is 5.98. The van der Waals surface area contributed by atoms with Crippen LogP contribution in [0.4, 0.5) is 13.2 Å². The Morgan fingerprint density at radius 3 is 2.57 bits per heavy atom. The number of hydrogen-bond donors (Lipinski definition) is 2. The van der Waals surface area contributed by atoms with Gasteiger partial charge < -0.3 is 15.2 Å². The Hall–Kier alpha value is -2.32. The Morgan fingerprint density at radius 1 is 1.35 bits per heavy atom. The molecule has 2 rings (SSSR count). The van der Waals surface area contributed by atoms with Gasteiger partial charge in [-0.05, 0) is 18.9 Å². The van der Waals surface area contributed by atoms with Gasteiger partial charge in [-0.25, -0.2) is 9.78 Å². The quantitative estimate of drug-likeness (QED) is 0.862. The van der Waals surface area contributed by atoms with Crippen LogP contribution in [0.2, 0.25) is 0 Å². The number of halogens is 3. The predicted octanol–water partition coefficient (Wildman–Crippen LogP) is 2.15. The van der Waals surface area contributed by atoms with Gasteiger partial charge in [-0.2, -0.15) is 13.2 Å². The zero-order valence-corrected chi connectivity index (χ0v) is 12.0. The summed E-state index contributed by atoms with van der Waals surface area (Å²) < 4.78 is 40.8. The Morgan fingerprint density at radius 2 is 2.00 bits per heavy atom. The highest BCUT2D eigenvalue weighted by Gasteiger charge is 2.42. The summed E-state index contributed by atoms with van der Waals surface area (Å²) >= 11 is 0. The van der Waals surface area contributed by atoms with Crippen molar-refractivity contribution >= 4 is 11.9 Å². The van der Waals surface area contributed by atoms with E-state index in [2.05, 4.69) is 15.0 Å². The molecule has 1 aromatic heterocycles. The minimum absolute atomic E-state index is 0.00954. The second-order valence-electron chi connectivity index (χ2n) is 5.34. The molecule has 0 radical (unpaired) electrons. The first-order valence-corrected chi connectivity index (χ1v) is 6.93. The Kier molecular flexibility index (Phi) is 4.76. The first-order chi connectivity index (χ1) is 10.7. The lowest BCUT2D eigenvalue weighted by molar-refractivity contribution is -0.154. The minimum Gasteiger partial charge on any atom is -0.480 e. The summed E-state index contributed by atoms with van der Waals surface area (Å²) in [4.78, 5) is 27.2. The van der Waals surface area contributed by atoms with Crippen LogP contribution < -0.4 is 10.1 Å². The van der Waals surface area contributed by atoms with Crippen LogP contribution in [-0.4, -0.2) is 40.3 Å². The standard InChI is InChI=1S/C14H15F3N2O4/c15-14(16,17)8-23-10-7-9(3-6-18-10)11(20)19-13(12(21)22)4-1-2-5-13/h3,6-7H,1-2,4-5,8H2,(H,19,20)(H,21,22). The van der Waals surface area contributed by atoms with E-state index < -0.39 is 30.2 Å². The van der Waals surface area contributed by atoms with E-state index in [0.29, 0.717) is 25.7 Å². The Balaban J connectivity index is 2.09. The summed E-state index contributed by atoms with van der Waals surface area (Å²) in [6.45, 7) is -1.52. The van der Waals surface area contributed by atoms with Crippen molar-refractivity contribution in [2.75, 3.05) is 6.61 Å². The average Bonchev–Trinajstić information content (AvgIpc) is 2.94. The predicted molar refractivity (Wildman–Crippen MR) is 72.1 cm³/mol. The number of pyridine rings is 1. The monoisotopic (exact) mass is 332 g/mol. The fourth-order valence-corrected chi connectivity index (χ4v) is 2.45. The van der Waals surface area contributed by atoms with E-state index in [4.69, 9.17) is 0 Å². The van der Waals surface area contributed by atoms with Gasteiger partial charge in [-0.1, -0.05) is 12.8 Å². The van der Waals surface area contributed by atoms with Crippen LogP contribution in [0.3, 0.4) is 0 Å². The third-order valence-corrected chi connectivity index (χ3v) is 3.60. The van der Waals surface area contributed by atoms with Crippen molar-refractivity contribution in [2.45, 2.75) is 37.4 Å². The van der Waals surface area contributed by atoms with E-state index >= 15 is 0 Å². The van der Waals surface area contributed by atoms with Crippen LogP contribution in [0.1, 0.15) is 36.0 Å². The zero-order valence-electron chi connectivity index (χ0n) is 12.0. The van der Waals surface area contributed by atoms with Crippen LogP contribution in [0, 0.1) is 0 Å².